The van der Waals surface area contributed by atoms with Gasteiger partial charge in [0.1, 0.15) is 22.3 Å². The summed E-state index contributed by atoms with van der Waals surface area (Å²) in [5.41, 5.74) is 2.17. The Morgan fingerprint density at radius 1 is 1.20 bits per heavy atom. The van der Waals surface area contributed by atoms with Crippen molar-refractivity contribution in [1.82, 2.24) is 15.3 Å². The number of aromatic nitrogens is 2. The smallest absolute Gasteiger partial charge is 0.263 e. The number of nitrogens with zero attached hydrogens (tertiary/aromatic N) is 2. The molecule has 4 aromatic rings. The van der Waals surface area contributed by atoms with Crippen LogP contribution in [0, 0.1) is 11.6 Å². The van der Waals surface area contributed by atoms with Gasteiger partial charge in [-0.1, -0.05) is 11.6 Å². The number of methoxy groups -OCH3 is 1. The zero-order valence-electron chi connectivity index (χ0n) is 15.6. The molecule has 2 aromatic carbocycles. The third kappa shape index (κ3) is 3.71. The van der Waals surface area contributed by atoms with E-state index in [0.29, 0.717) is 17.0 Å². The first-order valence-corrected chi connectivity index (χ1v) is 9.96. The van der Waals surface area contributed by atoms with Gasteiger partial charge in [-0.3, -0.25) is 14.8 Å². The van der Waals surface area contributed by atoms with Crippen molar-refractivity contribution in [2.75, 3.05) is 7.11 Å². The molecule has 9 heteroatoms. The molecule has 1 N–H and O–H groups in total. The minimum atomic E-state index is -0.676. The number of rotatable bonds is 5. The maximum Gasteiger partial charge on any atom is 0.263 e. The Kier molecular flexibility index (Phi) is 5.61. The van der Waals surface area contributed by atoms with Crippen LogP contribution in [0.15, 0.2) is 48.9 Å². The Hall–Kier alpha value is -3.10. The third-order valence-electron chi connectivity index (χ3n) is 4.47. The number of nitrogens with one attached hydrogen (secondary N) is 1. The lowest BCUT2D eigenvalue weighted by atomic mass is 10.1. The number of benzene rings is 2. The third-order valence-corrected chi connectivity index (χ3v) is 6.15. The van der Waals surface area contributed by atoms with E-state index in [1.807, 2.05) is 12.1 Å². The highest BCUT2D eigenvalue weighted by molar-refractivity contribution is 7.21. The van der Waals surface area contributed by atoms with Gasteiger partial charge in [-0.2, -0.15) is 0 Å². The number of fused-ring (bicyclic) bond motifs is 1. The SMILES string of the molecule is COc1ccc(-c2cnccn2)cc1CNC(=O)c1sc2c(F)ccc(F)c2c1Cl. The molecule has 0 spiro atoms. The highest BCUT2D eigenvalue weighted by Gasteiger charge is 2.22. The second kappa shape index (κ2) is 8.33. The molecule has 4 rings (SSSR count). The highest BCUT2D eigenvalue weighted by Crippen LogP contribution is 2.38. The lowest BCUT2D eigenvalue weighted by molar-refractivity contribution is 0.0955. The largest absolute Gasteiger partial charge is 0.496 e. The van der Waals surface area contributed by atoms with Crippen LogP contribution >= 0.6 is 22.9 Å². The number of thiophene rings is 1. The van der Waals surface area contributed by atoms with Crippen LogP contribution in [0.25, 0.3) is 21.3 Å². The highest BCUT2D eigenvalue weighted by atomic mass is 35.5. The van der Waals surface area contributed by atoms with Gasteiger partial charge in [-0.25, -0.2) is 8.78 Å². The Bertz CT molecular complexity index is 1250. The molecule has 0 saturated heterocycles. The molecule has 30 heavy (non-hydrogen) atoms. The van der Waals surface area contributed by atoms with Gasteiger partial charge in [-0.15, -0.1) is 11.3 Å². The van der Waals surface area contributed by atoms with E-state index >= 15 is 0 Å². The number of carbonyl (C=O) groups is 1. The molecule has 0 aliphatic heterocycles. The molecule has 152 valence electrons. The molecule has 5 nitrogen and oxygen atoms in total. The van der Waals surface area contributed by atoms with Crippen LogP contribution in [0.4, 0.5) is 8.78 Å². The van der Waals surface area contributed by atoms with Gasteiger partial charge < -0.3 is 10.1 Å². The molecule has 2 aromatic heterocycles. The Labute approximate surface area is 179 Å². The van der Waals surface area contributed by atoms with Gasteiger partial charge in [0.2, 0.25) is 0 Å². The summed E-state index contributed by atoms with van der Waals surface area (Å²) in [4.78, 5) is 21.1. The summed E-state index contributed by atoms with van der Waals surface area (Å²) in [6, 6.07) is 7.43. The van der Waals surface area contributed by atoms with Gasteiger partial charge >= 0.3 is 0 Å². The first kappa shape index (κ1) is 20.2. The van der Waals surface area contributed by atoms with Gasteiger partial charge in [0, 0.05) is 30.1 Å². The van der Waals surface area contributed by atoms with Crippen molar-refractivity contribution in [3.8, 4) is 17.0 Å². The van der Waals surface area contributed by atoms with Crippen molar-refractivity contribution in [1.29, 1.82) is 0 Å². The van der Waals surface area contributed by atoms with Gasteiger partial charge in [0.05, 0.1) is 34.1 Å². The lowest BCUT2D eigenvalue weighted by Crippen LogP contribution is -2.22. The zero-order valence-corrected chi connectivity index (χ0v) is 17.2. The van der Waals surface area contributed by atoms with Gasteiger partial charge in [0.15, 0.2) is 0 Å². The topological polar surface area (TPSA) is 64.1 Å². The van der Waals surface area contributed by atoms with Gasteiger partial charge in [0.25, 0.3) is 5.91 Å². The van der Waals surface area contributed by atoms with Crippen LogP contribution in [-0.4, -0.2) is 23.0 Å². The molecular weight excluding hydrogens is 432 g/mol. The number of hydrogen-bond acceptors (Lipinski definition) is 5. The summed E-state index contributed by atoms with van der Waals surface area (Å²) in [6.45, 7) is 0.117. The minimum Gasteiger partial charge on any atom is -0.496 e. The molecule has 2 heterocycles. The summed E-state index contributed by atoms with van der Waals surface area (Å²) >= 11 is 6.99. The summed E-state index contributed by atoms with van der Waals surface area (Å²) in [7, 11) is 1.52. The van der Waals surface area contributed by atoms with E-state index in [1.54, 1.807) is 24.7 Å². The van der Waals surface area contributed by atoms with E-state index < -0.39 is 17.5 Å². The fraction of sp³-hybridized carbons (Fsp3) is 0.0952. The predicted molar refractivity (Wildman–Crippen MR) is 112 cm³/mol. The second-order valence-electron chi connectivity index (χ2n) is 6.28. The lowest BCUT2D eigenvalue weighted by Gasteiger charge is -2.11. The second-order valence-corrected chi connectivity index (χ2v) is 7.68. The number of amides is 1. The van der Waals surface area contributed by atoms with Crippen molar-refractivity contribution in [3.05, 3.63) is 76.0 Å². The molecule has 0 fully saturated rings. The van der Waals surface area contributed by atoms with Crippen LogP contribution in [0.5, 0.6) is 5.75 Å². The summed E-state index contributed by atoms with van der Waals surface area (Å²) in [5.74, 6) is -1.27. The van der Waals surface area contributed by atoms with Gasteiger partial charge in [-0.05, 0) is 30.3 Å². The number of carbonyl (C=O) groups excluding carboxylic acids is 1. The van der Waals surface area contributed by atoms with Crippen molar-refractivity contribution < 1.29 is 18.3 Å². The van der Waals surface area contributed by atoms with Crippen LogP contribution in [0.3, 0.4) is 0 Å². The van der Waals surface area contributed by atoms with Crippen LogP contribution < -0.4 is 10.1 Å². The average molecular weight is 446 g/mol. The fourth-order valence-electron chi connectivity index (χ4n) is 3.02. The minimum absolute atomic E-state index is 0.00683. The van der Waals surface area contributed by atoms with E-state index in [2.05, 4.69) is 15.3 Å². The van der Waals surface area contributed by atoms with E-state index in [-0.39, 0.29) is 26.5 Å². The average Bonchev–Trinajstić information content (AvgIpc) is 3.13. The van der Waals surface area contributed by atoms with Crippen molar-refractivity contribution >= 4 is 38.9 Å². The first-order valence-electron chi connectivity index (χ1n) is 8.77. The molecular formula is C21H14ClF2N3O2S. The van der Waals surface area contributed by atoms with Crippen molar-refractivity contribution in [3.63, 3.8) is 0 Å². The fourth-order valence-corrected chi connectivity index (χ4v) is 4.49. The van der Waals surface area contributed by atoms with E-state index in [1.165, 1.54) is 7.11 Å². The summed E-state index contributed by atoms with van der Waals surface area (Å²) in [6.07, 6.45) is 4.79. The predicted octanol–water partition coefficient (Wildman–Crippen LogP) is 5.23. The first-order chi connectivity index (χ1) is 14.5. The molecule has 0 radical (unpaired) electrons. The van der Waals surface area contributed by atoms with Crippen molar-refractivity contribution in [2.45, 2.75) is 6.54 Å². The van der Waals surface area contributed by atoms with Crippen LogP contribution in [0.2, 0.25) is 5.02 Å². The Morgan fingerprint density at radius 2 is 2.00 bits per heavy atom. The number of hydrogen-bond donors (Lipinski definition) is 1. The van der Waals surface area contributed by atoms with E-state index in [9.17, 15) is 13.6 Å². The standard InChI is InChI=1S/C21H14ClF2N3O2S/c1-29-16-5-2-11(15-10-25-6-7-26-15)8-12(16)9-27-21(28)20-18(22)17-13(23)3-4-14(24)19(17)30-20/h2-8,10H,9H2,1H3,(H,27,28). The van der Waals surface area contributed by atoms with Crippen LogP contribution in [0.1, 0.15) is 15.2 Å². The maximum absolute atomic E-state index is 14.1. The molecule has 0 bridgehead atoms. The molecule has 0 atom stereocenters. The maximum atomic E-state index is 14.1. The monoisotopic (exact) mass is 445 g/mol. The number of halogens is 3. The van der Waals surface area contributed by atoms with Crippen molar-refractivity contribution in [2.24, 2.45) is 0 Å². The normalized spacial score (nSPS) is 10.9. The summed E-state index contributed by atoms with van der Waals surface area (Å²) in [5, 5.41) is 2.54. The molecule has 0 unspecified atom stereocenters. The quantitative estimate of drug-likeness (QED) is 0.457. The summed E-state index contributed by atoms with van der Waals surface area (Å²) < 4.78 is 33.4. The Balaban J connectivity index is 1.61. The van der Waals surface area contributed by atoms with E-state index in [4.69, 9.17) is 16.3 Å². The van der Waals surface area contributed by atoms with E-state index in [0.717, 1.165) is 29.0 Å². The molecule has 1 amide bonds. The Morgan fingerprint density at radius 3 is 2.70 bits per heavy atom. The molecule has 0 aliphatic carbocycles. The zero-order chi connectivity index (χ0) is 21.3. The van der Waals surface area contributed by atoms with Crippen LogP contribution in [-0.2, 0) is 6.54 Å². The molecule has 0 aliphatic rings. The number of ether oxygens (including phenoxy) is 1. The molecule has 0 saturated carbocycles.